The van der Waals surface area contributed by atoms with E-state index in [9.17, 15) is 4.79 Å². The van der Waals surface area contributed by atoms with E-state index in [1.807, 2.05) is 32.0 Å². The quantitative estimate of drug-likeness (QED) is 0.273. The van der Waals surface area contributed by atoms with Crippen LogP contribution in [0, 0.1) is 13.8 Å². The number of benzene rings is 2. The second kappa shape index (κ2) is 9.70. The van der Waals surface area contributed by atoms with Crippen molar-refractivity contribution in [2.75, 3.05) is 5.32 Å². The number of anilines is 1. The van der Waals surface area contributed by atoms with Crippen LogP contribution in [0.5, 0.6) is 0 Å². The van der Waals surface area contributed by atoms with E-state index >= 15 is 0 Å². The minimum atomic E-state index is -1.89. The van der Waals surface area contributed by atoms with Gasteiger partial charge in [0.15, 0.2) is 5.11 Å². The standard InChI is InChI=1S/C18H16Cl5N3OS/c1-9-3-4-10(2)14(7-9)24-17(28)26-16(18(21,22)23)25-15(27)12-6-5-11(19)8-13(12)20/h3-8,16H,1-2H3,(H,25,27)(H2,24,26,28). The van der Waals surface area contributed by atoms with Crippen molar-refractivity contribution in [3.8, 4) is 0 Å². The molecule has 4 nitrogen and oxygen atoms in total. The van der Waals surface area contributed by atoms with Crippen molar-refractivity contribution >= 4 is 86.9 Å². The van der Waals surface area contributed by atoms with Crippen molar-refractivity contribution < 1.29 is 4.79 Å². The van der Waals surface area contributed by atoms with Crippen LogP contribution in [0.1, 0.15) is 21.5 Å². The van der Waals surface area contributed by atoms with Crippen molar-refractivity contribution in [3.63, 3.8) is 0 Å². The molecule has 0 saturated heterocycles. The topological polar surface area (TPSA) is 53.2 Å². The van der Waals surface area contributed by atoms with Crippen molar-refractivity contribution in [2.24, 2.45) is 0 Å². The number of halogens is 5. The molecule has 0 aromatic heterocycles. The first kappa shape index (κ1) is 23.3. The van der Waals surface area contributed by atoms with Gasteiger partial charge in [0.1, 0.15) is 6.17 Å². The summed E-state index contributed by atoms with van der Waals surface area (Å²) in [6.07, 6.45) is -1.12. The van der Waals surface area contributed by atoms with E-state index in [1.54, 1.807) is 0 Å². The molecule has 0 aliphatic heterocycles. The molecule has 1 unspecified atom stereocenters. The maximum Gasteiger partial charge on any atom is 0.254 e. The lowest BCUT2D eigenvalue weighted by atomic mass is 10.1. The highest BCUT2D eigenvalue weighted by molar-refractivity contribution is 7.80. The number of carbonyl (C=O) groups is 1. The first-order chi connectivity index (χ1) is 13.0. The third-order valence-electron chi connectivity index (χ3n) is 3.70. The summed E-state index contributed by atoms with van der Waals surface area (Å²) in [7, 11) is 0. The molecule has 0 radical (unpaired) electrons. The van der Waals surface area contributed by atoms with Gasteiger partial charge in [0.2, 0.25) is 3.79 Å². The Morgan fingerprint density at radius 3 is 2.32 bits per heavy atom. The van der Waals surface area contributed by atoms with Gasteiger partial charge in [0.05, 0.1) is 10.6 Å². The average Bonchev–Trinajstić information content (AvgIpc) is 2.56. The number of carbonyl (C=O) groups excluding carboxylic acids is 1. The fourth-order valence-corrected chi connectivity index (χ4v) is 3.29. The van der Waals surface area contributed by atoms with Crippen molar-refractivity contribution in [1.29, 1.82) is 0 Å². The molecule has 0 aliphatic carbocycles. The molecule has 1 atom stereocenters. The summed E-state index contributed by atoms with van der Waals surface area (Å²) in [5.74, 6) is -0.556. The number of nitrogens with one attached hydrogen (secondary N) is 3. The fourth-order valence-electron chi connectivity index (χ4n) is 2.24. The highest BCUT2D eigenvalue weighted by Gasteiger charge is 2.35. The van der Waals surface area contributed by atoms with Crippen LogP contribution in [0.3, 0.4) is 0 Å². The van der Waals surface area contributed by atoms with Crippen LogP contribution in [-0.2, 0) is 0 Å². The number of thiocarbonyl (C=S) groups is 1. The predicted octanol–water partition coefficient (Wildman–Crippen LogP) is 6.02. The summed E-state index contributed by atoms with van der Waals surface area (Å²) >= 11 is 35.3. The Morgan fingerprint density at radius 2 is 1.71 bits per heavy atom. The van der Waals surface area contributed by atoms with Crippen LogP contribution in [0.4, 0.5) is 5.69 Å². The Kier molecular flexibility index (Phi) is 8.08. The second-order valence-corrected chi connectivity index (χ2v) is 9.61. The van der Waals surface area contributed by atoms with Gasteiger partial charge in [0.25, 0.3) is 5.91 Å². The van der Waals surface area contributed by atoms with Crippen molar-refractivity contribution in [2.45, 2.75) is 23.8 Å². The lowest BCUT2D eigenvalue weighted by Gasteiger charge is -2.28. The van der Waals surface area contributed by atoms with Gasteiger partial charge in [-0.3, -0.25) is 4.79 Å². The van der Waals surface area contributed by atoms with Gasteiger partial charge in [-0.2, -0.15) is 0 Å². The molecular weight excluding hydrogens is 484 g/mol. The molecule has 0 saturated carbocycles. The summed E-state index contributed by atoms with van der Waals surface area (Å²) in [5, 5.41) is 9.16. The average molecular weight is 500 g/mol. The van der Waals surface area contributed by atoms with Crippen LogP contribution < -0.4 is 16.0 Å². The Labute approximate surface area is 193 Å². The van der Waals surface area contributed by atoms with Crippen LogP contribution >= 0.6 is 70.2 Å². The summed E-state index contributed by atoms with van der Waals surface area (Å²) in [5.41, 5.74) is 3.02. The van der Waals surface area contributed by atoms with E-state index in [4.69, 9.17) is 70.2 Å². The van der Waals surface area contributed by atoms with Gasteiger partial charge >= 0.3 is 0 Å². The SMILES string of the molecule is Cc1ccc(C)c(NC(=S)NC(NC(=O)c2ccc(Cl)cc2Cl)C(Cl)(Cl)Cl)c1. The number of aryl methyl sites for hydroxylation is 2. The number of alkyl halides is 3. The molecule has 28 heavy (non-hydrogen) atoms. The van der Waals surface area contributed by atoms with E-state index < -0.39 is 15.9 Å². The van der Waals surface area contributed by atoms with Gasteiger partial charge < -0.3 is 16.0 Å². The molecule has 150 valence electrons. The number of hydrogen-bond donors (Lipinski definition) is 3. The molecule has 2 aromatic carbocycles. The summed E-state index contributed by atoms with van der Waals surface area (Å²) in [6, 6.07) is 10.3. The largest absolute Gasteiger partial charge is 0.339 e. The molecule has 10 heteroatoms. The smallest absolute Gasteiger partial charge is 0.254 e. The number of rotatable bonds is 4. The zero-order valence-electron chi connectivity index (χ0n) is 14.7. The first-order valence-electron chi connectivity index (χ1n) is 7.95. The molecule has 2 rings (SSSR count). The lowest BCUT2D eigenvalue weighted by molar-refractivity contribution is 0.0934. The molecule has 0 fully saturated rings. The van der Waals surface area contributed by atoms with E-state index in [0.29, 0.717) is 5.02 Å². The first-order valence-corrected chi connectivity index (χ1v) is 10.2. The Morgan fingerprint density at radius 1 is 1.04 bits per heavy atom. The minimum Gasteiger partial charge on any atom is -0.339 e. The molecule has 3 N–H and O–H groups in total. The van der Waals surface area contributed by atoms with Gasteiger partial charge in [-0.1, -0.05) is 70.1 Å². The third kappa shape index (κ3) is 6.55. The Balaban J connectivity index is 2.14. The maximum atomic E-state index is 12.6. The Hall–Kier alpha value is -0.950. The van der Waals surface area contributed by atoms with Crippen LogP contribution in [0.2, 0.25) is 10.0 Å². The zero-order chi connectivity index (χ0) is 21.1. The molecule has 0 heterocycles. The predicted molar refractivity (Wildman–Crippen MR) is 123 cm³/mol. The van der Waals surface area contributed by atoms with Crippen molar-refractivity contribution in [3.05, 3.63) is 63.1 Å². The highest BCUT2D eigenvalue weighted by atomic mass is 35.6. The Bertz CT molecular complexity index is 901. The van der Waals surface area contributed by atoms with Crippen LogP contribution in [0.15, 0.2) is 36.4 Å². The molecule has 0 bridgehead atoms. The molecule has 1 amide bonds. The van der Waals surface area contributed by atoms with Gasteiger partial charge in [-0.15, -0.1) is 0 Å². The van der Waals surface area contributed by atoms with E-state index in [1.165, 1.54) is 18.2 Å². The third-order valence-corrected chi connectivity index (χ3v) is 5.12. The summed E-state index contributed by atoms with van der Waals surface area (Å²) < 4.78 is -1.89. The normalized spacial score (nSPS) is 12.2. The van der Waals surface area contributed by atoms with Gasteiger partial charge in [-0.05, 0) is 61.5 Å². The van der Waals surface area contributed by atoms with Gasteiger partial charge in [-0.25, -0.2) is 0 Å². The van der Waals surface area contributed by atoms with E-state index in [-0.39, 0.29) is 15.7 Å². The number of amides is 1. The highest BCUT2D eigenvalue weighted by Crippen LogP contribution is 2.30. The van der Waals surface area contributed by atoms with Crippen LogP contribution in [-0.4, -0.2) is 21.0 Å². The maximum absolute atomic E-state index is 12.6. The molecule has 0 aliphatic rings. The summed E-state index contributed by atoms with van der Waals surface area (Å²) in [6.45, 7) is 3.89. The fraction of sp³-hybridized carbons (Fsp3) is 0.222. The zero-order valence-corrected chi connectivity index (χ0v) is 19.3. The van der Waals surface area contributed by atoms with E-state index in [2.05, 4.69) is 16.0 Å². The van der Waals surface area contributed by atoms with E-state index in [0.717, 1.165) is 16.8 Å². The number of hydrogen-bond acceptors (Lipinski definition) is 2. The molecule has 2 aromatic rings. The van der Waals surface area contributed by atoms with Crippen molar-refractivity contribution in [1.82, 2.24) is 10.6 Å². The minimum absolute atomic E-state index is 0.171. The monoisotopic (exact) mass is 497 g/mol. The lowest BCUT2D eigenvalue weighted by Crippen LogP contribution is -2.56. The second-order valence-electron chi connectivity index (χ2n) is 5.99. The van der Waals surface area contributed by atoms with Crippen LogP contribution in [0.25, 0.3) is 0 Å². The molecular formula is C18H16Cl5N3OS. The van der Waals surface area contributed by atoms with Gasteiger partial charge in [0, 0.05) is 10.7 Å². The molecule has 0 spiro atoms. The summed E-state index contributed by atoms with van der Waals surface area (Å²) in [4.78, 5) is 12.6.